The van der Waals surface area contributed by atoms with Gasteiger partial charge in [-0.05, 0) is 45.8 Å². The molecule has 0 spiro atoms. The van der Waals surface area contributed by atoms with E-state index >= 15 is 0 Å². The van der Waals surface area contributed by atoms with Crippen molar-refractivity contribution < 1.29 is 19.4 Å². The number of carbonyl (C=O) groups excluding carboxylic acids is 1. The third-order valence-corrected chi connectivity index (χ3v) is 4.08. The molecule has 1 amide bonds. The Balaban J connectivity index is 1.91. The Kier molecular flexibility index (Phi) is 6.18. The molecule has 0 bridgehead atoms. The lowest BCUT2D eigenvalue weighted by Crippen LogP contribution is -2.47. The molecule has 6 heteroatoms. The van der Waals surface area contributed by atoms with E-state index < -0.39 is 23.9 Å². The zero-order valence-corrected chi connectivity index (χ0v) is 15.1. The van der Waals surface area contributed by atoms with Crippen molar-refractivity contribution >= 4 is 23.4 Å². The van der Waals surface area contributed by atoms with Gasteiger partial charge in [-0.2, -0.15) is 0 Å². The van der Waals surface area contributed by atoms with Crippen molar-refractivity contribution in [2.75, 3.05) is 0 Å². The van der Waals surface area contributed by atoms with Crippen LogP contribution in [0.4, 0.5) is 4.79 Å². The number of hydrogen-bond donors (Lipinski definition) is 2. The summed E-state index contributed by atoms with van der Waals surface area (Å²) in [6, 6.07) is 9.31. The molecular formula is C18H25NO4S. The van der Waals surface area contributed by atoms with Gasteiger partial charge in [0.1, 0.15) is 11.7 Å². The van der Waals surface area contributed by atoms with Crippen LogP contribution < -0.4 is 5.32 Å². The summed E-state index contributed by atoms with van der Waals surface area (Å²) in [5.74, 6) is 0. The van der Waals surface area contributed by atoms with Crippen LogP contribution >= 0.6 is 12.2 Å². The molecule has 0 radical (unpaired) electrons. The second-order valence-corrected chi connectivity index (χ2v) is 7.40. The molecule has 0 heterocycles. The fraction of sp³-hybridized carbons (Fsp3) is 0.556. The molecule has 1 aromatic rings. The highest BCUT2D eigenvalue weighted by atomic mass is 32.1. The maximum Gasteiger partial charge on any atom is 0.407 e. The minimum absolute atomic E-state index is 0.105. The Bertz CT molecular complexity index is 570. The Morgan fingerprint density at radius 2 is 1.92 bits per heavy atom. The number of aliphatic hydroxyl groups is 1. The number of thiocarbonyl (C=S) groups is 1. The van der Waals surface area contributed by atoms with Crippen LogP contribution in [0.25, 0.3) is 0 Å². The third kappa shape index (κ3) is 5.76. The van der Waals surface area contributed by atoms with Crippen LogP contribution in [0.5, 0.6) is 0 Å². The predicted molar refractivity (Wildman–Crippen MR) is 96.0 cm³/mol. The van der Waals surface area contributed by atoms with Crippen molar-refractivity contribution in [3.63, 3.8) is 0 Å². The Labute approximate surface area is 148 Å². The Morgan fingerprint density at radius 3 is 2.54 bits per heavy atom. The van der Waals surface area contributed by atoms with E-state index in [1.54, 1.807) is 0 Å². The van der Waals surface area contributed by atoms with E-state index in [0.717, 1.165) is 5.56 Å². The number of ether oxygens (including phenoxy) is 2. The zero-order chi connectivity index (χ0) is 17.7. The maximum atomic E-state index is 11.9. The lowest BCUT2D eigenvalue weighted by molar-refractivity contribution is -0.0103. The molecule has 5 nitrogen and oxygen atoms in total. The predicted octanol–water partition coefficient (Wildman–Crippen LogP) is 3.19. The van der Waals surface area contributed by atoms with Gasteiger partial charge in [0.25, 0.3) is 0 Å². The lowest BCUT2D eigenvalue weighted by Gasteiger charge is -2.34. The van der Waals surface area contributed by atoms with Crippen molar-refractivity contribution in [2.45, 2.75) is 63.9 Å². The van der Waals surface area contributed by atoms with Gasteiger partial charge < -0.3 is 19.9 Å². The molecule has 1 fully saturated rings. The molecule has 0 aliphatic heterocycles. The quantitative estimate of drug-likeness (QED) is 0.819. The molecule has 1 saturated carbocycles. The van der Waals surface area contributed by atoms with E-state index in [9.17, 15) is 9.90 Å². The number of nitrogens with one attached hydrogen (secondary N) is 1. The van der Waals surface area contributed by atoms with Gasteiger partial charge in [-0.15, -0.1) is 0 Å². The minimum Gasteiger partial charge on any atom is -0.477 e. The van der Waals surface area contributed by atoms with Crippen LogP contribution in [0.15, 0.2) is 30.3 Å². The van der Waals surface area contributed by atoms with E-state index in [-0.39, 0.29) is 6.04 Å². The number of alkyl carbamates (subject to hydrolysis) is 1. The number of amides is 1. The second-order valence-electron chi connectivity index (χ2n) is 7.03. The van der Waals surface area contributed by atoms with Gasteiger partial charge in [-0.3, -0.25) is 0 Å². The SMILES string of the molecule is CC(C)(C)OC(=O)N[C@H]1CC[C@@H](O)[C@H](OC(=S)c2ccccc2)C1. The highest BCUT2D eigenvalue weighted by Gasteiger charge is 2.33. The molecule has 2 N–H and O–H groups in total. The van der Waals surface area contributed by atoms with Gasteiger partial charge in [0, 0.05) is 18.0 Å². The monoisotopic (exact) mass is 351 g/mol. The number of hydrogen-bond acceptors (Lipinski definition) is 5. The first-order chi connectivity index (χ1) is 11.2. The fourth-order valence-corrected chi connectivity index (χ4v) is 2.88. The van der Waals surface area contributed by atoms with Crippen molar-refractivity contribution in [3.8, 4) is 0 Å². The van der Waals surface area contributed by atoms with E-state index in [4.69, 9.17) is 21.7 Å². The molecule has 0 unspecified atom stereocenters. The molecule has 1 aliphatic carbocycles. The summed E-state index contributed by atoms with van der Waals surface area (Å²) < 4.78 is 11.1. The summed E-state index contributed by atoms with van der Waals surface area (Å²) in [6.07, 6.45) is 0.233. The van der Waals surface area contributed by atoms with Gasteiger partial charge in [-0.25, -0.2) is 4.79 Å². The number of carbonyl (C=O) groups is 1. The van der Waals surface area contributed by atoms with Gasteiger partial charge in [-0.1, -0.05) is 30.3 Å². The van der Waals surface area contributed by atoms with Gasteiger partial charge >= 0.3 is 6.09 Å². The fourth-order valence-electron chi connectivity index (χ4n) is 2.62. The molecule has 0 saturated heterocycles. The molecule has 1 aromatic carbocycles. The first-order valence-electron chi connectivity index (χ1n) is 8.18. The van der Waals surface area contributed by atoms with E-state index in [1.165, 1.54) is 0 Å². The van der Waals surface area contributed by atoms with Crippen LogP contribution in [0.2, 0.25) is 0 Å². The summed E-state index contributed by atoms with van der Waals surface area (Å²) >= 11 is 5.31. The highest BCUT2D eigenvalue weighted by molar-refractivity contribution is 7.80. The standard InChI is InChI=1S/C18H25NO4S/c1-18(2,3)23-17(21)19-13-9-10-14(20)15(11-13)22-16(24)12-7-5-4-6-8-12/h4-8,13-15,20H,9-11H2,1-3H3,(H,19,21)/t13-,14+,15+/m0/s1. The number of benzene rings is 1. The van der Waals surface area contributed by atoms with Crippen molar-refractivity contribution in [3.05, 3.63) is 35.9 Å². The first kappa shape index (κ1) is 18.7. The van der Waals surface area contributed by atoms with Gasteiger partial charge in [0.2, 0.25) is 0 Å². The molecular weight excluding hydrogens is 326 g/mol. The summed E-state index contributed by atoms with van der Waals surface area (Å²) in [4.78, 5) is 11.9. The normalized spacial score (nSPS) is 24.1. The van der Waals surface area contributed by atoms with Crippen LogP contribution in [0, 0.1) is 0 Å². The largest absolute Gasteiger partial charge is 0.477 e. The summed E-state index contributed by atoms with van der Waals surface area (Å²) in [6.45, 7) is 5.46. The van der Waals surface area contributed by atoms with Crippen molar-refractivity contribution in [1.82, 2.24) is 5.32 Å². The summed E-state index contributed by atoms with van der Waals surface area (Å²) in [5.41, 5.74) is 0.269. The van der Waals surface area contributed by atoms with E-state index in [0.29, 0.717) is 24.3 Å². The third-order valence-electron chi connectivity index (χ3n) is 3.75. The van der Waals surface area contributed by atoms with Crippen LogP contribution in [0.3, 0.4) is 0 Å². The van der Waals surface area contributed by atoms with Crippen molar-refractivity contribution in [1.29, 1.82) is 0 Å². The minimum atomic E-state index is -0.594. The Hall–Kier alpha value is -1.66. The van der Waals surface area contributed by atoms with E-state index in [1.807, 2.05) is 51.1 Å². The molecule has 1 aliphatic rings. The van der Waals surface area contributed by atoms with Crippen LogP contribution in [0.1, 0.15) is 45.6 Å². The average molecular weight is 351 g/mol. The van der Waals surface area contributed by atoms with Crippen LogP contribution in [-0.4, -0.2) is 40.1 Å². The first-order valence-corrected chi connectivity index (χ1v) is 8.59. The van der Waals surface area contributed by atoms with Crippen molar-refractivity contribution in [2.24, 2.45) is 0 Å². The van der Waals surface area contributed by atoms with E-state index in [2.05, 4.69) is 5.32 Å². The molecule has 24 heavy (non-hydrogen) atoms. The number of rotatable bonds is 3. The number of aliphatic hydroxyl groups excluding tert-OH is 1. The summed E-state index contributed by atoms with van der Waals surface area (Å²) in [7, 11) is 0. The second kappa shape index (κ2) is 7.94. The molecule has 2 rings (SSSR count). The Morgan fingerprint density at radius 1 is 1.25 bits per heavy atom. The molecule has 3 atom stereocenters. The molecule has 132 valence electrons. The average Bonchev–Trinajstić information content (AvgIpc) is 2.49. The maximum absolute atomic E-state index is 11.9. The topological polar surface area (TPSA) is 67.8 Å². The smallest absolute Gasteiger partial charge is 0.407 e. The van der Waals surface area contributed by atoms with Gasteiger partial charge in [0.15, 0.2) is 5.05 Å². The molecule has 0 aromatic heterocycles. The lowest BCUT2D eigenvalue weighted by atomic mass is 9.90. The highest BCUT2D eigenvalue weighted by Crippen LogP contribution is 2.24. The van der Waals surface area contributed by atoms with Gasteiger partial charge in [0.05, 0.1) is 6.10 Å². The summed E-state index contributed by atoms with van der Waals surface area (Å²) in [5, 5.41) is 13.4. The zero-order valence-electron chi connectivity index (χ0n) is 14.3. The van der Waals surface area contributed by atoms with Crippen LogP contribution in [-0.2, 0) is 9.47 Å².